The van der Waals surface area contributed by atoms with Gasteiger partial charge in [0.05, 0.1) is 11.4 Å². The summed E-state index contributed by atoms with van der Waals surface area (Å²) in [6, 6.07) is 16.9. The number of para-hydroxylation sites is 1. The molecular formula is C21H24N4O2. The highest BCUT2D eigenvalue weighted by molar-refractivity contribution is 6.20. The van der Waals surface area contributed by atoms with Crippen molar-refractivity contribution in [2.24, 2.45) is 4.99 Å². The number of nitrogens with one attached hydrogen (secondary N) is 2. The molecule has 0 unspecified atom stereocenters. The van der Waals surface area contributed by atoms with Gasteiger partial charge >= 0.3 is 6.03 Å². The van der Waals surface area contributed by atoms with Gasteiger partial charge in [0.25, 0.3) is 5.91 Å². The highest BCUT2D eigenvalue weighted by Gasteiger charge is 2.30. The number of carbonyl (C=O) groups excluding carboxylic acids is 2. The Balaban J connectivity index is 1.97. The molecule has 0 bridgehead atoms. The monoisotopic (exact) mass is 364 g/mol. The zero-order valence-corrected chi connectivity index (χ0v) is 15.6. The maximum atomic E-state index is 12.9. The average Bonchev–Trinajstić information content (AvgIpc) is 2.80. The van der Waals surface area contributed by atoms with Gasteiger partial charge in [-0.3, -0.25) is 4.79 Å². The lowest BCUT2D eigenvalue weighted by Gasteiger charge is -2.21. The number of hydrogen-bond donors (Lipinski definition) is 2. The first-order valence-corrected chi connectivity index (χ1v) is 9.16. The zero-order valence-electron chi connectivity index (χ0n) is 15.6. The van der Waals surface area contributed by atoms with Crippen LogP contribution in [-0.4, -0.2) is 37.4 Å². The first kappa shape index (κ1) is 18.6. The van der Waals surface area contributed by atoms with Gasteiger partial charge in [0.1, 0.15) is 0 Å². The minimum atomic E-state index is -0.987. The minimum absolute atomic E-state index is 0.279. The fourth-order valence-electron chi connectivity index (χ4n) is 3.00. The quantitative estimate of drug-likeness (QED) is 0.801. The van der Waals surface area contributed by atoms with Crippen molar-refractivity contribution in [2.75, 3.05) is 18.5 Å². The number of nitrogens with zero attached hydrogens (tertiary/aromatic N) is 2. The van der Waals surface area contributed by atoms with Gasteiger partial charge < -0.3 is 15.5 Å². The van der Waals surface area contributed by atoms with E-state index < -0.39 is 12.2 Å². The molecule has 1 aliphatic heterocycles. The van der Waals surface area contributed by atoms with Crippen LogP contribution in [0.3, 0.4) is 0 Å². The van der Waals surface area contributed by atoms with E-state index in [1.807, 2.05) is 54.6 Å². The number of amides is 3. The smallest absolute Gasteiger partial charge is 0.316 e. The van der Waals surface area contributed by atoms with E-state index in [0.29, 0.717) is 12.3 Å². The summed E-state index contributed by atoms with van der Waals surface area (Å²) in [6.07, 6.45) is 0.881. The van der Waals surface area contributed by atoms with Crippen molar-refractivity contribution >= 4 is 23.3 Å². The summed E-state index contributed by atoms with van der Waals surface area (Å²) in [7, 11) is 1.70. The Morgan fingerprint density at radius 1 is 1.11 bits per heavy atom. The predicted octanol–water partition coefficient (Wildman–Crippen LogP) is 2.93. The highest BCUT2D eigenvalue weighted by atomic mass is 16.2. The summed E-state index contributed by atoms with van der Waals surface area (Å²) < 4.78 is 0. The second-order valence-electron chi connectivity index (χ2n) is 6.41. The second-order valence-corrected chi connectivity index (χ2v) is 6.41. The molecule has 27 heavy (non-hydrogen) atoms. The van der Waals surface area contributed by atoms with Crippen molar-refractivity contribution in [3.63, 3.8) is 0 Å². The Bertz CT molecular complexity index is 848. The molecule has 140 valence electrons. The number of aliphatic imine (C=N–C) groups is 1. The number of rotatable bonds is 5. The molecule has 0 fully saturated rings. The molecule has 1 aliphatic rings. The Labute approximate surface area is 159 Å². The lowest BCUT2D eigenvalue weighted by atomic mass is 10.0. The molecule has 3 amide bonds. The number of benzodiazepines with no additional fused rings is 1. The molecule has 0 aliphatic carbocycles. The van der Waals surface area contributed by atoms with Gasteiger partial charge in [-0.05, 0) is 12.5 Å². The molecule has 1 atom stereocenters. The maximum Gasteiger partial charge on any atom is 0.316 e. The molecule has 2 N–H and O–H groups in total. The van der Waals surface area contributed by atoms with Crippen LogP contribution in [0.25, 0.3) is 0 Å². The van der Waals surface area contributed by atoms with Crippen LogP contribution < -0.4 is 15.5 Å². The van der Waals surface area contributed by atoms with E-state index in [1.165, 1.54) is 0 Å². The number of anilines is 1. The molecule has 0 saturated carbocycles. The highest BCUT2D eigenvalue weighted by Crippen LogP contribution is 2.26. The van der Waals surface area contributed by atoms with E-state index >= 15 is 0 Å². The lowest BCUT2D eigenvalue weighted by molar-refractivity contribution is -0.119. The van der Waals surface area contributed by atoms with Crippen molar-refractivity contribution in [2.45, 2.75) is 25.9 Å². The predicted molar refractivity (Wildman–Crippen MR) is 107 cm³/mol. The third kappa shape index (κ3) is 4.16. The molecule has 6 nitrogen and oxygen atoms in total. The Hall–Kier alpha value is -3.15. The van der Waals surface area contributed by atoms with Crippen LogP contribution in [0, 0.1) is 0 Å². The third-order valence-corrected chi connectivity index (χ3v) is 4.47. The van der Waals surface area contributed by atoms with Gasteiger partial charge in [-0.15, -0.1) is 0 Å². The maximum absolute atomic E-state index is 12.9. The number of carbonyl (C=O) groups is 2. The van der Waals surface area contributed by atoms with E-state index in [9.17, 15) is 9.59 Å². The molecular weight excluding hydrogens is 340 g/mol. The van der Waals surface area contributed by atoms with E-state index in [-0.39, 0.29) is 5.91 Å². The molecule has 0 radical (unpaired) electrons. The largest absolute Gasteiger partial charge is 0.338 e. The van der Waals surface area contributed by atoms with Crippen LogP contribution in [0.2, 0.25) is 0 Å². The Morgan fingerprint density at radius 2 is 1.81 bits per heavy atom. The van der Waals surface area contributed by atoms with Crippen molar-refractivity contribution in [1.82, 2.24) is 10.6 Å². The number of urea groups is 1. The van der Waals surface area contributed by atoms with Crippen LogP contribution in [0.15, 0.2) is 59.6 Å². The van der Waals surface area contributed by atoms with Gasteiger partial charge in [-0.25, -0.2) is 9.79 Å². The fourth-order valence-corrected chi connectivity index (χ4v) is 3.00. The molecule has 0 saturated heterocycles. The molecule has 3 rings (SSSR count). The molecule has 6 heteroatoms. The standard InChI is InChI=1S/C21H24N4O2/c1-3-4-14-22-21(27)24-19-20(26)25(2)17-13-9-8-12-16(17)18(23-19)15-10-6-5-7-11-15/h5-13,19H,3-4,14H2,1-2H3,(H2,22,24,27)/t19-/m0/s1. The minimum Gasteiger partial charge on any atom is -0.338 e. The van der Waals surface area contributed by atoms with E-state index in [0.717, 1.165) is 29.7 Å². The fraction of sp³-hybridized carbons (Fsp3) is 0.286. The van der Waals surface area contributed by atoms with Crippen LogP contribution in [0.5, 0.6) is 0 Å². The number of unbranched alkanes of at least 4 members (excludes halogenated alkanes) is 1. The lowest BCUT2D eigenvalue weighted by Crippen LogP contribution is -2.49. The molecule has 2 aromatic rings. The number of likely N-dealkylation sites (N-methyl/N-ethyl adjacent to an activating group) is 1. The van der Waals surface area contributed by atoms with Crippen molar-refractivity contribution in [3.8, 4) is 0 Å². The second kappa shape index (κ2) is 8.49. The summed E-state index contributed by atoms with van der Waals surface area (Å²) in [5, 5.41) is 5.48. The average molecular weight is 364 g/mol. The molecule has 1 heterocycles. The number of hydrogen-bond acceptors (Lipinski definition) is 3. The van der Waals surface area contributed by atoms with Crippen LogP contribution in [-0.2, 0) is 4.79 Å². The molecule has 2 aromatic carbocycles. The van der Waals surface area contributed by atoms with Crippen molar-refractivity contribution < 1.29 is 9.59 Å². The topological polar surface area (TPSA) is 73.8 Å². The van der Waals surface area contributed by atoms with Gasteiger partial charge in [0, 0.05) is 24.7 Å². The van der Waals surface area contributed by atoms with E-state index in [2.05, 4.69) is 22.5 Å². The van der Waals surface area contributed by atoms with Crippen molar-refractivity contribution in [1.29, 1.82) is 0 Å². The Kier molecular flexibility index (Phi) is 5.86. The van der Waals surface area contributed by atoms with Gasteiger partial charge in [0.2, 0.25) is 6.17 Å². The third-order valence-electron chi connectivity index (χ3n) is 4.47. The van der Waals surface area contributed by atoms with Crippen LogP contribution in [0.1, 0.15) is 30.9 Å². The number of benzene rings is 2. The summed E-state index contributed by atoms with van der Waals surface area (Å²) in [6.45, 7) is 2.62. The summed E-state index contributed by atoms with van der Waals surface area (Å²) in [5.74, 6) is -0.279. The molecule has 0 aromatic heterocycles. The van der Waals surface area contributed by atoms with Crippen LogP contribution in [0.4, 0.5) is 10.5 Å². The Morgan fingerprint density at radius 3 is 2.56 bits per heavy atom. The number of fused-ring (bicyclic) bond motifs is 1. The van der Waals surface area contributed by atoms with Gasteiger partial charge in [-0.2, -0.15) is 0 Å². The molecule has 0 spiro atoms. The first-order chi connectivity index (χ1) is 13.1. The summed E-state index contributed by atoms with van der Waals surface area (Å²) in [4.78, 5) is 31.3. The summed E-state index contributed by atoms with van der Waals surface area (Å²) in [5.41, 5.74) is 3.20. The zero-order chi connectivity index (χ0) is 19.2. The van der Waals surface area contributed by atoms with Crippen molar-refractivity contribution in [3.05, 3.63) is 65.7 Å². The summed E-state index contributed by atoms with van der Waals surface area (Å²) >= 11 is 0. The normalized spacial score (nSPS) is 16.2. The SMILES string of the molecule is CCCCNC(=O)N[C@@H]1N=C(c2ccccc2)c2ccccc2N(C)C1=O. The first-order valence-electron chi connectivity index (χ1n) is 9.16. The van der Waals surface area contributed by atoms with E-state index in [4.69, 9.17) is 0 Å². The van der Waals surface area contributed by atoms with Gasteiger partial charge in [0.15, 0.2) is 0 Å². The van der Waals surface area contributed by atoms with Gasteiger partial charge in [-0.1, -0.05) is 61.9 Å². The van der Waals surface area contributed by atoms with E-state index in [1.54, 1.807) is 11.9 Å². The van der Waals surface area contributed by atoms with Crippen LogP contribution >= 0.6 is 0 Å².